The first kappa shape index (κ1) is 12.8. The Morgan fingerprint density at radius 3 is 2.72 bits per heavy atom. The number of hydrogen-bond donors (Lipinski definition) is 0. The van der Waals surface area contributed by atoms with E-state index < -0.39 is 0 Å². The molecule has 0 aliphatic heterocycles. The summed E-state index contributed by atoms with van der Waals surface area (Å²) in [6.45, 7) is 5.62. The zero-order valence-corrected chi connectivity index (χ0v) is 11.5. The summed E-state index contributed by atoms with van der Waals surface area (Å²) in [5.41, 5.74) is 2.47. The maximum absolute atomic E-state index is 12.3. The number of aromatic nitrogens is 1. The number of nitrogens with zero attached hydrogens (tertiary/aromatic N) is 1. The molecule has 0 bridgehead atoms. The third-order valence-electron chi connectivity index (χ3n) is 3.08. The van der Waals surface area contributed by atoms with Gasteiger partial charge in [0, 0.05) is 17.0 Å². The zero-order chi connectivity index (χ0) is 13.3. The molecule has 0 radical (unpaired) electrons. The fourth-order valence-electron chi connectivity index (χ4n) is 2.24. The van der Waals surface area contributed by atoms with Gasteiger partial charge in [0.05, 0.1) is 10.9 Å². The van der Waals surface area contributed by atoms with Crippen molar-refractivity contribution in [2.75, 3.05) is 0 Å². The zero-order valence-electron chi connectivity index (χ0n) is 10.6. The van der Waals surface area contributed by atoms with E-state index in [9.17, 15) is 9.59 Å². The maximum atomic E-state index is 12.3. The molecule has 3 nitrogen and oxygen atoms in total. The van der Waals surface area contributed by atoms with Crippen LogP contribution in [0, 0.1) is 13.8 Å². The van der Waals surface area contributed by atoms with Crippen LogP contribution in [0.5, 0.6) is 0 Å². The van der Waals surface area contributed by atoms with E-state index in [0.29, 0.717) is 5.56 Å². The van der Waals surface area contributed by atoms with Crippen molar-refractivity contribution in [2.24, 2.45) is 0 Å². The molecule has 0 amide bonds. The molecule has 2 heterocycles. The van der Waals surface area contributed by atoms with E-state index in [2.05, 4.69) is 0 Å². The molecule has 0 aromatic carbocycles. The van der Waals surface area contributed by atoms with Crippen LogP contribution in [0.2, 0.25) is 0 Å². The monoisotopic (exact) mass is 261 g/mol. The second-order valence-corrected chi connectivity index (χ2v) is 5.29. The van der Waals surface area contributed by atoms with Crippen LogP contribution in [-0.4, -0.2) is 16.6 Å². The van der Waals surface area contributed by atoms with Gasteiger partial charge < -0.3 is 9.36 Å². The van der Waals surface area contributed by atoms with Gasteiger partial charge in [0.1, 0.15) is 6.29 Å². The van der Waals surface area contributed by atoms with Gasteiger partial charge in [0.2, 0.25) is 5.78 Å². The van der Waals surface area contributed by atoms with Crippen molar-refractivity contribution in [2.45, 2.75) is 26.8 Å². The van der Waals surface area contributed by atoms with E-state index in [4.69, 9.17) is 0 Å². The lowest BCUT2D eigenvalue weighted by Crippen LogP contribution is -2.10. The highest BCUT2D eigenvalue weighted by Gasteiger charge is 2.19. The Bertz CT molecular complexity index is 581. The minimum Gasteiger partial charge on any atom is -0.339 e. The predicted molar refractivity (Wildman–Crippen MR) is 72.4 cm³/mol. The molecule has 0 aliphatic carbocycles. The Morgan fingerprint density at radius 1 is 1.44 bits per heavy atom. The molecule has 2 aromatic heterocycles. The van der Waals surface area contributed by atoms with Crippen molar-refractivity contribution in [3.05, 3.63) is 45.4 Å². The van der Waals surface area contributed by atoms with E-state index in [1.54, 1.807) is 0 Å². The van der Waals surface area contributed by atoms with Crippen LogP contribution in [0.3, 0.4) is 0 Å². The molecule has 0 fully saturated rings. The molecule has 1 atom stereocenters. The largest absolute Gasteiger partial charge is 0.339 e. The molecule has 0 saturated heterocycles. The third kappa shape index (κ3) is 2.04. The van der Waals surface area contributed by atoms with Crippen molar-refractivity contribution < 1.29 is 9.59 Å². The average Bonchev–Trinajstić information content (AvgIpc) is 2.96. The van der Waals surface area contributed by atoms with Gasteiger partial charge in [0.15, 0.2) is 0 Å². The summed E-state index contributed by atoms with van der Waals surface area (Å²) in [4.78, 5) is 24.0. The van der Waals surface area contributed by atoms with E-state index >= 15 is 0 Å². The highest BCUT2D eigenvalue weighted by molar-refractivity contribution is 7.12. The molecule has 0 N–H and O–H groups in total. The number of thiophene rings is 1. The molecule has 2 rings (SSSR count). The summed E-state index contributed by atoms with van der Waals surface area (Å²) < 4.78 is 1.90. The Labute approximate surface area is 110 Å². The number of ketones is 1. The fraction of sp³-hybridized carbons (Fsp3) is 0.286. The van der Waals surface area contributed by atoms with Crippen molar-refractivity contribution >= 4 is 23.4 Å². The van der Waals surface area contributed by atoms with Crippen molar-refractivity contribution in [1.29, 1.82) is 0 Å². The Kier molecular flexibility index (Phi) is 3.48. The van der Waals surface area contributed by atoms with Crippen molar-refractivity contribution in [1.82, 2.24) is 4.57 Å². The van der Waals surface area contributed by atoms with Gasteiger partial charge >= 0.3 is 0 Å². The molecule has 1 unspecified atom stereocenters. The number of carbonyl (C=O) groups is 2. The first-order chi connectivity index (χ1) is 8.56. The normalized spacial score (nSPS) is 12.4. The molecular formula is C14H15NO2S. The number of rotatable bonds is 4. The van der Waals surface area contributed by atoms with Gasteiger partial charge in [-0.2, -0.15) is 0 Å². The number of aldehydes is 1. The van der Waals surface area contributed by atoms with Gasteiger partial charge in [-0.05, 0) is 38.3 Å². The van der Waals surface area contributed by atoms with E-state index in [0.717, 1.165) is 22.6 Å². The summed E-state index contributed by atoms with van der Waals surface area (Å²) >= 11 is 1.44. The molecule has 0 aliphatic rings. The fourth-order valence-corrected chi connectivity index (χ4v) is 2.91. The molecule has 2 aromatic rings. The highest BCUT2D eigenvalue weighted by atomic mass is 32.1. The molecule has 4 heteroatoms. The first-order valence-corrected chi connectivity index (χ1v) is 6.66. The average molecular weight is 261 g/mol. The molecule has 18 heavy (non-hydrogen) atoms. The van der Waals surface area contributed by atoms with Crippen LogP contribution in [0.25, 0.3) is 0 Å². The number of carbonyl (C=O) groups excluding carboxylic acids is 2. The van der Waals surface area contributed by atoms with Gasteiger partial charge in [-0.3, -0.25) is 4.79 Å². The van der Waals surface area contributed by atoms with Crippen LogP contribution in [0.15, 0.2) is 23.6 Å². The SMILES string of the molecule is Cc1cc(C(=O)c2cccs2)c(C)n1C(C)C=O. The molecular weight excluding hydrogens is 246 g/mol. The van der Waals surface area contributed by atoms with Gasteiger partial charge in [-0.25, -0.2) is 0 Å². The summed E-state index contributed by atoms with van der Waals surface area (Å²) in [5, 5.41) is 1.89. The number of hydrogen-bond acceptors (Lipinski definition) is 3. The quantitative estimate of drug-likeness (QED) is 0.626. The van der Waals surface area contributed by atoms with Crippen LogP contribution < -0.4 is 0 Å². The predicted octanol–water partition coefficient (Wildman–Crippen LogP) is 3.16. The van der Waals surface area contributed by atoms with Crippen LogP contribution >= 0.6 is 11.3 Å². The Hall–Kier alpha value is -1.68. The minimum atomic E-state index is -0.241. The van der Waals surface area contributed by atoms with E-state index in [-0.39, 0.29) is 11.8 Å². The second-order valence-electron chi connectivity index (χ2n) is 4.34. The Morgan fingerprint density at radius 2 is 2.17 bits per heavy atom. The van der Waals surface area contributed by atoms with Crippen LogP contribution in [0.4, 0.5) is 0 Å². The summed E-state index contributed by atoms with van der Waals surface area (Å²) in [5.74, 6) is 0.0300. The van der Waals surface area contributed by atoms with Crippen LogP contribution in [-0.2, 0) is 4.79 Å². The van der Waals surface area contributed by atoms with Crippen LogP contribution in [0.1, 0.15) is 39.6 Å². The summed E-state index contributed by atoms with van der Waals surface area (Å²) in [6.07, 6.45) is 0.888. The van der Waals surface area contributed by atoms with Crippen molar-refractivity contribution in [3.8, 4) is 0 Å². The van der Waals surface area contributed by atoms with Gasteiger partial charge in [-0.1, -0.05) is 6.07 Å². The molecule has 94 valence electrons. The standard InChI is InChI=1S/C14H15NO2S/c1-9-7-12(11(3)15(9)10(2)8-16)14(17)13-5-4-6-18-13/h4-8,10H,1-3H3. The van der Waals surface area contributed by atoms with E-state index in [1.165, 1.54) is 11.3 Å². The van der Waals surface area contributed by atoms with E-state index in [1.807, 2.05) is 48.9 Å². The maximum Gasteiger partial charge on any atom is 0.204 e. The lowest BCUT2D eigenvalue weighted by atomic mass is 10.1. The van der Waals surface area contributed by atoms with Crippen molar-refractivity contribution in [3.63, 3.8) is 0 Å². The topological polar surface area (TPSA) is 39.1 Å². The lowest BCUT2D eigenvalue weighted by molar-refractivity contribution is -0.110. The van der Waals surface area contributed by atoms with Gasteiger partial charge in [-0.15, -0.1) is 11.3 Å². The first-order valence-electron chi connectivity index (χ1n) is 5.78. The van der Waals surface area contributed by atoms with Gasteiger partial charge in [0.25, 0.3) is 0 Å². The third-order valence-corrected chi connectivity index (χ3v) is 3.95. The Balaban J connectivity index is 2.48. The lowest BCUT2D eigenvalue weighted by Gasteiger charge is -2.12. The number of aryl methyl sites for hydroxylation is 1. The smallest absolute Gasteiger partial charge is 0.204 e. The molecule has 0 spiro atoms. The summed E-state index contributed by atoms with van der Waals surface area (Å²) in [6, 6.07) is 5.31. The second kappa shape index (κ2) is 4.90. The molecule has 0 saturated carbocycles. The highest BCUT2D eigenvalue weighted by Crippen LogP contribution is 2.23. The summed E-state index contributed by atoms with van der Waals surface area (Å²) in [7, 11) is 0. The minimum absolute atomic E-state index is 0.0300.